The van der Waals surface area contributed by atoms with Gasteiger partial charge in [0.1, 0.15) is 6.10 Å². The number of amides is 1. The van der Waals surface area contributed by atoms with Crippen molar-refractivity contribution < 1.29 is 14.6 Å². The molecule has 1 fully saturated rings. The fourth-order valence-corrected chi connectivity index (χ4v) is 1.62. The standard InChI is InChI=1S/C9H13NO3/c1-2-9(13-8(10)12)6-4-3-5-7(9)11/h1,7,11H,3-6H2,(H2,10,12). The van der Waals surface area contributed by atoms with Gasteiger partial charge in [-0.15, -0.1) is 6.42 Å². The van der Waals surface area contributed by atoms with E-state index in [1.165, 1.54) is 0 Å². The number of carbonyl (C=O) groups is 1. The van der Waals surface area contributed by atoms with E-state index in [2.05, 4.69) is 5.92 Å². The molecule has 1 amide bonds. The summed E-state index contributed by atoms with van der Waals surface area (Å²) in [4.78, 5) is 10.6. The highest BCUT2D eigenvalue weighted by Gasteiger charge is 2.41. The molecule has 2 atom stereocenters. The lowest BCUT2D eigenvalue weighted by atomic mass is 9.82. The molecule has 1 aliphatic rings. The quantitative estimate of drug-likeness (QED) is 0.577. The number of hydrogen-bond donors (Lipinski definition) is 2. The summed E-state index contributed by atoms with van der Waals surface area (Å²) in [5.74, 6) is 2.33. The zero-order valence-corrected chi connectivity index (χ0v) is 7.32. The molecule has 0 aromatic heterocycles. The number of primary amides is 1. The molecule has 13 heavy (non-hydrogen) atoms. The van der Waals surface area contributed by atoms with Gasteiger partial charge in [-0.3, -0.25) is 0 Å². The summed E-state index contributed by atoms with van der Waals surface area (Å²) in [6.45, 7) is 0. The van der Waals surface area contributed by atoms with Gasteiger partial charge in [0.25, 0.3) is 0 Å². The van der Waals surface area contributed by atoms with Crippen LogP contribution in [0.4, 0.5) is 4.79 Å². The molecule has 0 spiro atoms. The Morgan fingerprint density at radius 1 is 1.69 bits per heavy atom. The fourth-order valence-electron chi connectivity index (χ4n) is 1.62. The predicted octanol–water partition coefficient (Wildman–Crippen LogP) is 0.389. The second kappa shape index (κ2) is 3.67. The minimum absolute atomic E-state index is 0.480. The van der Waals surface area contributed by atoms with Crippen LogP contribution in [0.5, 0.6) is 0 Å². The Hall–Kier alpha value is -1.21. The van der Waals surface area contributed by atoms with Crippen LogP contribution in [0.3, 0.4) is 0 Å². The summed E-state index contributed by atoms with van der Waals surface area (Å²) < 4.78 is 4.79. The Bertz CT molecular complexity index is 246. The van der Waals surface area contributed by atoms with Crippen molar-refractivity contribution in [2.24, 2.45) is 5.73 Å². The van der Waals surface area contributed by atoms with Crippen LogP contribution in [-0.4, -0.2) is 22.9 Å². The monoisotopic (exact) mass is 183 g/mol. The van der Waals surface area contributed by atoms with E-state index in [1.54, 1.807) is 0 Å². The summed E-state index contributed by atoms with van der Waals surface area (Å²) in [7, 11) is 0. The van der Waals surface area contributed by atoms with Crippen LogP contribution in [0.1, 0.15) is 25.7 Å². The molecular formula is C9H13NO3. The third kappa shape index (κ3) is 1.93. The van der Waals surface area contributed by atoms with Crippen LogP contribution in [0.25, 0.3) is 0 Å². The van der Waals surface area contributed by atoms with Gasteiger partial charge in [-0.25, -0.2) is 4.79 Å². The molecule has 0 aliphatic heterocycles. The fraction of sp³-hybridized carbons (Fsp3) is 0.667. The Labute approximate surface area is 77.1 Å². The van der Waals surface area contributed by atoms with Gasteiger partial charge in [-0.2, -0.15) is 0 Å². The lowest BCUT2D eigenvalue weighted by Crippen LogP contribution is -2.48. The molecule has 4 heteroatoms. The van der Waals surface area contributed by atoms with Crippen molar-refractivity contribution in [2.45, 2.75) is 37.4 Å². The van der Waals surface area contributed by atoms with E-state index in [4.69, 9.17) is 16.9 Å². The Morgan fingerprint density at radius 3 is 2.85 bits per heavy atom. The molecule has 1 saturated carbocycles. The number of carbonyl (C=O) groups excluding carboxylic acids is 1. The van der Waals surface area contributed by atoms with Gasteiger partial charge in [-0.05, 0) is 12.8 Å². The van der Waals surface area contributed by atoms with Gasteiger partial charge in [-0.1, -0.05) is 12.3 Å². The van der Waals surface area contributed by atoms with Gasteiger partial charge < -0.3 is 15.6 Å². The number of aliphatic hydroxyl groups is 1. The van der Waals surface area contributed by atoms with Crippen LogP contribution >= 0.6 is 0 Å². The topological polar surface area (TPSA) is 72.5 Å². The first-order chi connectivity index (χ1) is 6.10. The van der Waals surface area contributed by atoms with Crippen molar-refractivity contribution in [3.05, 3.63) is 0 Å². The lowest BCUT2D eigenvalue weighted by Gasteiger charge is -2.35. The SMILES string of the molecule is C#CC1(OC(N)=O)CCCCC1O. The highest BCUT2D eigenvalue weighted by atomic mass is 16.6. The average Bonchev–Trinajstić information content (AvgIpc) is 2.08. The smallest absolute Gasteiger partial charge is 0.406 e. The molecule has 0 radical (unpaired) electrons. The summed E-state index contributed by atoms with van der Waals surface area (Å²) in [6.07, 6.45) is 6.28. The van der Waals surface area contributed by atoms with E-state index >= 15 is 0 Å². The summed E-state index contributed by atoms with van der Waals surface area (Å²) in [6, 6.07) is 0. The van der Waals surface area contributed by atoms with E-state index in [9.17, 15) is 9.90 Å². The van der Waals surface area contributed by atoms with Crippen molar-refractivity contribution in [1.82, 2.24) is 0 Å². The molecule has 0 saturated heterocycles. The number of hydrogen-bond acceptors (Lipinski definition) is 3. The van der Waals surface area contributed by atoms with Gasteiger partial charge in [0.2, 0.25) is 0 Å². The first-order valence-electron chi connectivity index (χ1n) is 4.25. The van der Waals surface area contributed by atoms with Crippen molar-refractivity contribution in [2.75, 3.05) is 0 Å². The average molecular weight is 183 g/mol. The van der Waals surface area contributed by atoms with Gasteiger partial charge in [0.05, 0.1) is 0 Å². The molecule has 2 unspecified atom stereocenters. The maximum absolute atomic E-state index is 10.6. The van der Waals surface area contributed by atoms with Crippen LogP contribution in [0.15, 0.2) is 0 Å². The third-order valence-corrected chi connectivity index (χ3v) is 2.34. The molecule has 3 N–H and O–H groups in total. The largest absolute Gasteiger partial charge is 0.427 e. The van der Waals surface area contributed by atoms with Gasteiger partial charge >= 0.3 is 6.09 Å². The van der Waals surface area contributed by atoms with Crippen molar-refractivity contribution in [3.8, 4) is 12.3 Å². The molecular weight excluding hydrogens is 170 g/mol. The van der Waals surface area contributed by atoms with Crippen LogP contribution < -0.4 is 5.73 Å². The minimum Gasteiger partial charge on any atom is -0.427 e. The molecule has 1 rings (SSSR count). The van der Waals surface area contributed by atoms with Crippen molar-refractivity contribution in [1.29, 1.82) is 0 Å². The number of ether oxygens (including phenoxy) is 1. The second-order valence-electron chi connectivity index (χ2n) is 3.22. The zero-order chi connectivity index (χ0) is 9.90. The normalized spacial score (nSPS) is 33.4. The number of terminal acetylenes is 1. The summed E-state index contributed by atoms with van der Waals surface area (Å²) in [5.41, 5.74) is 3.69. The minimum atomic E-state index is -1.19. The number of rotatable bonds is 1. The van der Waals surface area contributed by atoms with Gasteiger partial charge in [0.15, 0.2) is 5.60 Å². The number of nitrogens with two attached hydrogens (primary N) is 1. The molecule has 72 valence electrons. The van der Waals surface area contributed by atoms with Crippen LogP contribution in [0, 0.1) is 12.3 Å². The molecule has 1 aliphatic carbocycles. The van der Waals surface area contributed by atoms with Crippen molar-refractivity contribution in [3.63, 3.8) is 0 Å². The maximum Gasteiger partial charge on any atom is 0.406 e. The van der Waals surface area contributed by atoms with E-state index in [0.29, 0.717) is 12.8 Å². The van der Waals surface area contributed by atoms with E-state index in [0.717, 1.165) is 12.8 Å². The zero-order valence-electron chi connectivity index (χ0n) is 7.32. The van der Waals surface area contributed by atoms with E-state index in [-0.39, 0.29) is 0 Å². The lowest BCUT2D eigenvalue weighted by molar-refractivity contribution is -0.0640. The molecule has 0 aromatic carbocycles. The predicted molar refractivity (Wildman–Crippen MR) is 46.7 cm³/mol. The highest BCUT2D eigenvalue weighted by molar-refractivity contribution is 5.66. The Kier molecular flexibility index (Phi) is 2.79. The summed E-state index contributed by atoms with van der Waals surface area (Å²) >= 11 is 0. The molecule has 0 heterocycles. The number of aliphatic hydroxyl groups excluding tert-OH is 1. The Morgan fingerprint density at radius 2 is 2.38 bits per heavy atom. The highest BCUT2D eigenvalue weighted by Crippen LogP contribution is 2.31. The summed E-state index contributed by atoms with van der Waals surface area (Å²) in [5, 5.41) is 9.59. The molecule has 0 bridgehead atoms. The molecule has 4 nitrogen and oxygen atoms in total. The second-order valence-corrected chi connectivity index (χ2v) is 3.22. The van der Waals surface area contributed by atoms with Gasteiger partial charge in [0, 0.05) is 6.42 Å². The third-order valence-electron chi connectivity index (χ3n) is 2.34. The van der Waals surface area contributed by atoms with Crippen LogP contribution in [0.2, 0.25) is 0 Å². The van der Waals surface area contributed by atoms with E-state index in [1.807, 2.05) is 0 Å². The first-order valence-corrected chi connectivity index (χ1v) is 4.25. The first kappa shape index (κ1) is 9.87. The van der Waals surface area contributed by atoms with E-state index < -0.39 is 17.8 Å². The Balaban J connectivity index is 2.77. The molecule has 0 aromatic rings. The van der Waals surface area contributed by atoms with Crippen LogP contribution in [-0.2, 0) is 4.74 Å². The van der Waals surface area contributed by atoms with Crippen molar-refractivity contribution >= 4 is 6.09 Å². The maximum atomic E-state index is 10.6.